The Morgan fingerprint density at radius 1 is 1.33 bits per heavy atom. The molecule has 1 aliphatic carbocycles. The van der Waals surface area contributed by atoms with Gasteiger partial charge >= 0.3 is 0 Å². The van der Waals surface area contributed by atoms with Crippen LogP contribution in [0.2, 0.25) is 5.15 Å². The average molecular weight is 268 g/mol. The molecular weight excluding hydrogens is 246 g/mol. The number of aromatic nitrogens is 2. The minimum absolute atomic E-state index is 0.575. The Kier molecular flexibility index (Phi) is 5.24. The summed E-state index contributed by atoms with van der Waals surface area (Å²) in [5.41, 5.74) is 1.03. The SMILES string of the molecule is CCc1c(Cl)ncnc1NCCCC1CCCC1. The smallest absolute Gasteiger partial charge is 0.137 e. The summed E-state index contributed by atoms with van der Waals surface area (Å²) in [5, 5.41) is 3.97. The molecule has 18 heavy (non-hydrogen) atoms. The fraction of sp³-hybridized carbons (Fsp3) is 0.714. The Balaban J connectivity index is 1.77. The third-order valence-corrected chi connectivity index (χ3v) is 4.13. The number of halogens is 1. The molecule has 0 amide bonds. The zero-order valence-electron chi connectivity index (χ0n) is 11.1. The number of nitrogens with one attached hydrogen (secondary N) is 1. The lowest BCUT2D eigenvalue weighted by molar-refractivity contribution is 0.491. The molecule has 1 heterocycles. The van der Waals surface area contributed by atoms with E-state index in [4.69, 9.17) is 11.6 Å². The molecule has 0 radical (unpaired) electrons. The summed E-state index contributed by atoms with van der Waals surface area (Å²) >= 11 is 6.05. The van der Waals surface area contributed by atoms with E-state index in [0.717, 1.165) is 30.3 Å². The molecule has 2 rings (SSSR count). The minimum Gasteiger partial charge on any atom is -0.370 e. The highest BCUT2D eigenvalue weighted by atomic mass is 35.5. The van der Waals surface area contributed by atoms with E-state index in [1.165, 1.54) is 44.9 Å². The van der Waals surface area contributed by atoms with Crippen LogP contribution in [0.5, 0.6) is 0 Å². The van der Waals surface area contributed by atoms with Crippen LogP contribution in [-0.4, -0.2) is 16.5 Å². The molecule has 0 unspecified atom stereocenters. The maximum atomic E-state index is 6.05. The van der Waals surface area contributed by atoms with Crippen LogP contribution < -0.4 is 5.32 Å². The van der Waals surface area contributed by atoms with Crippen molar-refractivity contribution in [2.24, 2.45) is 5.92 Å². The molecule has 1 N–H and O–H groups in total. The largest absolute Gasteiger partial charge is 0.370 e. The summed E-state index contributed by atoms with van der Waals surface area (Å²) < 4.78 is 0. The number of hydrogen-bond acceptors (Lipinski definition) is 3. The maximum Gasteiger partial charge on any atom is 0.137 e. The van der Waals surface area contributed by atoms with Crippen molar-refractivity contribution in [2.45, 2.75) is 51.9 Å². The molecule has 3 nitrogen and oxygen atoms in total. The second-order valence-electron chi connectivity index (χ2n) is 5.06. The van der Waals surface area contributed by atoms with Crippen molar-refractivity contribution in [1.29, 1.82) is 0 Å². The van der Waals surface area contributed by atoms with Crippen molar-refractivity contribution >= 4 is 17.4 Å². The van der Waals surface area contributed by atoms with Gasteiger partial charge in [-0.15, -0.1) is 0 Å². The summed E-state index contributed by atoms with van der Waals surface area (Å²) in [4.78, 5) is 8.29. The van der Waals surface area contributed by atoms with Crippen molar-refractivity contribution in [3.05, 3.63) is 17.0 Å². The van der Waals surface area contributed by atoms with E-state index in [0.29, 0.717) is 5.15 Å². The molecule has 1 aliphatic rings. The van der Waals surface area contributed by atoms with Crippen LogP contribution in [0.4, 0.5) is 5.82 Å². The van der Waals surface area contributed by atoms with Gasteiger partial charge in [0.25, 0.3) is 0 Å². The molecule has 0 aromatic carbocycles. The van der Waals surface area contributed by atoms with E-state index in [2.05, 4.69) is 22.2 Å². The molecule has 1 aromatic heterocycles. The molecule has 1 aromatic rings. The second kappa shape index (κ2) is 6.93. The first-order chi connectivity index (χ1) is 8.81. The van der Waals surface area contributed by atoms with E-state index in [9.17, 15) is 0 Å². The van der Waals surface area contributed by atoms with Gasteiger partial charge in [0.15, 0.2) is 0 Å². The Hall–Kier alpha value is -0.830. The van der Waals surface area contributed by atoms with E-state index in [1.807, 2.05) is 0 Å². The highest BCUT2D eigenvalue weighted by Gasteiger charge is 2.14. The van der Waals surface area contributed by atoms with Crippen LogP contribution in [0.25, 0.3) is 0 Å². The van der Waals surface area contributed by atoms with Gasteiger partial charge in [-0.25, -0.2) is 9.97 Å². The van der Waals surface area contributed by atoms with Crippen molar-refractivity contribution < 1.29 is 0 Å². The van der Waals surface area contributed by atoms with Gasteiger partial charge in [-0.05, 0) is 25.2 Å². The Bertz CT molecular complexity index is 375. The standard InChI is InChI=1S/C14H22ClN3/c1-2-12-13(15)17-10-18-14(12)16-9-5-8-11-6-3-4-7-11/h10-11H,2-9H2,1H3,(H,16,17,18). The quantitative estimate of drug-likeness (QED) is 0.624. The molecule has 4 heteroatoms. The zero-order valence-corrected chi connectivity index (χ0v) is 11.8. The van der Waals surface area contributed by atoms with Crippen LogP contribution in [0.1, 0.15) is 51.0 Å². The minimum atomic E-state index is 0.575. The van der Waals surface area contributed by atoms with E-state index in [-0.39, 0.29) is 0 Å². The van der Waals surface area contributed by atoms with Crippen LogP contribution in [-0.2, 0) is 6.42 Å². The predicted molar refractivity (Wildman–Crippen MR) is 76.1 cm³/mol. The summed E-state index contributed by atoms with van der Waals surface area (Å²) in [6.45, 7) is 3.06. The monoisotopic (exact) mass is 267 g/mol. The predicted octanol–water partition coefficient (Wildman–Crippen LogP) is 4.07. The van der Waals surface area contributed by atoms with Gasteiger partial charge in [0, 0.05) is 12.1 Å². The maximum absolute atomic E-state index is 6.05. The Morgan fingerprint density at radius 2 is 2.11 bits per heavy atom. The number of rotatable bonds is 6. The molecule has 0 saturated heterocycles. The lowest BCUT2D eigenvalue weighted by Gasteiger charge is -2.12. The molecule has 0 bridgehead atoms. The Labute approximate surface area is 114 Å². The third kappa shape index (κ3) is 3.58. The van der Waals surface area contributed by atoms with Crippen molar-refractivity contribution in [2.75, 3.05) is 11.9 Å². The van der Waals surface area contributed by atoms with Gasteiger partial charge in [0.05, 0.1) is 0 Å². The molecule has 1 saturated carbocycles. The number of nitrogens with zero attached hydrogens (tertiary/aromatic N) is 2. The van der Waals surface area contributed by atoms with Gasteiger partial charge in [0.2, 0.25) is 0 Å². The van der Waals surface area contributed by atoms with Gasteiger partial charge < -0.3 is 5.32 Å². The highest BCUT2D eigenvalue weighted by molar-refractivity contribution is 6.30. The number of anilines is 1. The average Bonchev–Trinajstić information content (AvgIpc) is 2.88. The lowest BCUT2D eigenvalue weighted by Crippen LogP contribution is -2.08. The third-order valence-electron chi connectivity index (χ3n) is 3.80. The highest BCUT2D eigenvalue weighted by Crippen LogP contribution is 2.28. The normalized spacial score (nSPS) is 16.1. The zero-order chi connectivity index (χ0) is 12.8. The van der Waals surface area contributed by atoms with E-state index < -0.39 is 0 Å². The molecule has 100 valence electrons. The van der Waals surface area contributed by atoms with Crippen molar-refractivity contribution in [3.8, 4) is 0 Å². The fourth-order valence-corrected chi connectivity index (χ4v) is 3.02. The molecular formula is C14H22ClN3. The van der Waals surface area contributed by atoms with Gasteiger partial charge in [0.1, 0.15) is 17.3 Å². The first-order valence-electron chi connectivity index (χ1n) is 7.04. The fourth-order valence-electron chi connectivity index (χ4n) is 2.75. The number of hydrogen-bond donors (Lipinski definition) is 1. The van der Waals surface area contributed by atoms with Gasteiger partial charge in [-0.3, -0.25) is 0 Å². The van der Waals surface area contributed by atoms with Crippen molar-refractivity contribution in [1.82, 2.24) is 9.97 Å². The summed E-state index contributed by atoms with van der Waals surface area (Å²) in [5.74, 6) is 1.87. The van der Waals surface area contributed by atoms with Gasteiger partial charge in [-0.2, -0.15) is 0 Å². The van der Waals surface area contributed by atoms with Gasteiger partial charge in [-0.1, -0.05) is 44.2 Å². The lowest BCUT2D eigenvalue weighted by atomic mass is 10.0. The first kappa shape index (κ1) is 13.6. The van der Waals surface area contributed by atoms with E-state index in [1.54, 1.807) is 0 Å². The molecule has 0 atom stereocenters. The first-order valence-corrected chi connectivity index (χ1v) is 7.42. The van der Waals surface area contributed by atoms with Crippen LogP contribution in [0, 0.1) is 5.92 Å². The molecule has 0 spiro atoms. The van der Waals surface area contributed by atoms with Crippen molar-refractivity contribution in [3.63, 3.8) is 0 Å². The van der Waals surface area contributed by atoms with Crippen LogP contribution in [0.15, 0.2) is 6.33 Å². The van der Waals surface area contributed by atoms with E-state index >= 15 is 0 Å². The molecule has 0 aliphatic heterocycles. The van der Waals surface area contributed by atoms with Crippen LogP contribution >= 0.6 is 11.6 Å². The summed E-state index contributed by atoms with van der Waals surface area (Å²) in [6.07, 6.45) is 10.7. The van der Waals surface area contributed by atoms with Crippen LogP contribution in [0.3, 0.4) is 0 Å². The Morgan fingerprint density at radius 3 is 2.83 bits per heavy atom. The summed E-state index contributed by atoms with van der Waals surface area (Å²) in [6, 6.07) is 0. The second-order valence-corrected chi connectivity index (χ2v) is 5.42. The molecule has 1 fully saturated rings. The summed E-state index contributed by atoms with van der Waals surface area (Å²) in [7, 11) is 0. The topological polar surface area (TPSA) is 37.8 Å².